The van der Waals surface area contributed by atoms with Gasteiger partial charge in [0.2, 0.25) is 0 Å². The van der Waals surface area contributed by atoms with Crippen LogP contribution in [0, 0.1) is 0 Å². The molecule has 1 aliphatic heterocycles. The topological polar surface area (TPSA) is 15.7 Å². The average Bonchev–Trinajstić information content (AvgIpc) is 2.75. The molecule has 3 nitrogen and oxygen atoms in total. The van der Waals surface area contributed by atoms with Crippen LogP contribution in [0.1, 0.15) is 16.7 Å². The summed E-state index contributed by atoms with van der Waals surface area (Å²) < 4.78 is 43.6. The quantitative estimate of drug-likeness (QED) is 0.572. The van der Waals surface area contributed by atoms with E-state index in [1.54, 1.807) is 19.2 Å². The smallest absolute Gasteiger partial charge is 0.416 e. The van der Waals surface area contributed by atoms with Gasteiger partial charge in [-0.1, -0.05) is 42.5 Å². The molecular formula is C24H25F3N2O. The number of piperazine rings is 1. The van der Waals surface area contributed by atoms with Crippen molar-refractivity contribution in [3.05, 3.63) is 77.4 Å². The van der Waals surface area contributed by atoms with Crippen molar-refractivity contribution in [2.75, 3.05) is 33.3 Å². The van der Waals surface area contributed by atoms with Crippen LogP contribution in [0.4, 0.5) is 13.2 Å². The fourth-order valence-electron chi connectivity index (χ4n) is 4.05. The Hall–Kier alpha value is -2.57. The number of alkyl halides is 3. The van der Waals surface area contributed by atoms with Gasteiger partial charge in [-0.25, -0.2) is 0 Å². The number of fused-ring (bicyclic) bond motifs is 1. The van der Waals surface area contributed by atoms with Gasteiger partial charge in [-0.15, -0.1) is 0 Å². The van der Waals surface area contributed by atoms with E-state index in [1.807, 2.05) is 18.2 Å². The molecule has 0 spiro atoms. The Kier molecular flexibility index (Phi) is 5.97. The molecule has 158 valence electrons. The molecule has 1 fully saturated rings. The van der Waals surface area contributed by atoms with Crippen molar-refractivity contribution in [1.82, 2.24) is 9.80 Å². The number of ether oxygens (including phenoxy) is 1. The Morgan fingerprint density at radius 3 is 1.97 bits per heavy atom. The third kappa shape index (κ3) is 4.60. The van der Waals surface area contributed by atoms with Crippen LogP contribution in [0.3, 0.4) is 0 Å². The summed E-state index contributed by atoms with van der Waals surface area (Å²) in [6.45, 7) is 5.21. The number of hydrogen-bond acceptors (Lipinski definition) is 3. The molecule has 6 heteroatoms. The number of nitrogens with zero attached hydrogens (tertiary/aromatic N) is 2. The van der Waals surface area contributed by atoms with E-state index < -0.39 is 11.7 Å². The van der Waals surface area contributed by atoms with E-state index in [9.17, 15) is 13.2 Å². The first-order chi connectivity index (χ1) is 14.4. The van der Waals surface area contributed by atoms with Gasteiger partial charge in [-0.05, 0) is 34.7 Å². The van der Waals surface area contributed by atoms with Gasteiger partial charge in [0.15, 0.2) is 0 Å². The summed E-state index contributed by atoms with van der Waals surface area (Å²) in [5.41, 5.74) is 1.60. The van der Waals surface area contributed by atoms with Crippen molar-refractivity contribution in [2.45, 2.75) is 19.3 Å². The predicted octanol–water partition coefficient (Wildman–Crippen LogP) is 5.19. The Morgan fingerprint density at radius 1 is 0.767 bits per heavy atom. The van der Waals surface area contributed by atoms with Crippen molar-refractivity contribution in [2.24, 2.45) is 0 Å². The largest absolute Gasteiger partial charge is 0.496 e. The highest BCUT2D eigenvalue weighted by molar-refractivity contribution is 5.91. The summed E-state index contributed by atoms with van der Waals surface area (Å²) in [4.78, 5) is 4.72. The van der Waals surface area contributed by atoms with E-state index in [-0.39, 0.29) is 0 Å². The lowest BCUT2D eigenvalue weighted by molar-refractivity contribution is -0.137. The summed E-state index contributed by atoms with van der Waals surface area (Å²) in [7, 11) is 1.69. The van der Waals surface area contributed by atoms with Crippen molar-refractivity contribution in [3.8, 4) is 5.75 Å². The molecule has 3 aromatic rings. The number of rotatable bonds is 5. The van der Waals surface area contributed by atoms with Crippen LogP contribution in [0.15, 0.2) is 60.7 Å². The van der Waals surface area contributed by atoms with Crippen LogP contribution in [0.25, 0.3) is 10.8 Å². The Bertz CT molecular complexity index is 993. The lowest BCUT2D eigenvalue weighted by Gasteiger charge is -2.35. The molecule has 0 aliphatic carbocycles. The molecule has 0 saturated carbocycles. The van der Waals surface area contributed by atoms with Crippen LogP contribution < -0.4 is 4.74 Å². The van der Waals surface area contributed by atoms with E-state index in [1.165, 1.54) is 23.1 Å². The highest BCUT2D eigenvalue weighted by Crippen LogP contribution is 2.30. The first-order valence-corrected chi connectivity index (χ1v) is 10.1. The summed E-state index contributed by atoms with van der Waals surface area (Å²) >= 11 is 0. The summed E-state index contributed by atoms with van der Waals surface area (Å²) in [5, 5.41) is 2.34. The number of benzene rings is 3. The monoisotopic (exact) mass is 414 g/mol. The van der Waals surface area contributed by atoms with Gasteiger partial charge >= 0.3 is 6.18 Å². The zero-order chi connectivity index (χ0) is 21.1. The second-order valence-corrected chi connectivity index (χ2v) is 7.72. The Balaban J connectivity index is 1.36. The van der Waals surface area contributed by atoms with Crippen molar-refractivity contribution < 1.29 is 17.9 Å². The molecule has 1 heterocycles. The van der Waals surface area contributed by atoms with E-state index in [0.717, 1.165) is 49.4 Å². The zero-order valence-electron chi connectivity index (χ0n) is 17.0. The Labute approximate surface area is 174 Å². The summed E-state index contributed by atoms with van der Waals surface area (Å²) in [6.07, 6.45) is -4.28. The zero-order valence-corrected chi connectivity index (χ0v) is 17.0. The predicted molar refractivity (Wildman–Crippen MR) is 112 cm³/mol. The lowest BCUT2D eigenvalue weighted by Crippen LogP contribution is -2.45. The Morgan fingerprint density at radius 2 is 1.37 bits per heavy atom. The molecule has 30 heavy (non-hydrogen) atoms. The molecule has 0 N–H and O–H groups in total. The summed E-state index contributed by atoms with van der Waals surface area (Å²) in [5.74, 6) is 0.885. The van der Waals surface area contributed by atoms with Gasteiger partial charge in [-0.3, -0.25) is 9.80 Å². The standard InChI is InChI=1S/C24H25F3N2O/c1-30-23-11-8-19(21-4-2-3-5-22(21)23)17-29-14-12-28(13-15-29)16-18-6-9-20(10-7-18)24(25,26)27/h2-11H,12-17H2,1H3. The van der Waals surface area contributed by atoms with E-state index >= 15 is 0 Å². The average molecular weight is 414 g/mol. The molecule has 0 amide bonds. The highest BCUT2D eigenvalue weighted by atomic mass is 19.4. The van der Waals surface area contributed by atoms with Gasteiger partial charge in [0.25, 0.3) is 0 Å². The van der Waals surface area contributed by atoms with Crippen LogP contribution in [0.5, 0.6) is 5.75 Å². The fourth-order valence-corrected chi connectivity index (χ4v) is 4.05. The first-order valence-electron chi connectivity index (χ1n) is 10.1. The molecular weight excluding hydrogens is 389 g/mol. The molecule has 0 unspecified atom stereocenters. The fraction of sp³-hybridized carbons (Fsp3) is 0.333. The van der Waals surface area contributed by atoms with Gasteiger partial charge in [-0.2, -0.15) is 13.2 Å². The molecule has 1 aliphatic rings. The minimum atomic E-state index is -4.28. The maximum Gasteiger partial charge on any atom is 0.416 e. The molecule has 3 aromatic carbocycles. The molecule has 0 atom stereocenters. The van der Waals surface area contributed by atoms with Gasteiger partial charge in [0, 0.05) is 44.7 Å². The second-order valence-electron chi connectivity index (χ2n) is 7.72. The molecule has 1 saturated heterocycles. The minimum Gasteiger partial charge on any atom is -0.496 e. The first kappa shape index (κ1) is 20.7. The van der Waals surface area contributed by atoms with Crippen molar-refractivity contribution in [3.63, 3.8) is 0 Å². The van der Waals surface area contributed by atoms with Gasteiger partial charge < -0.3 is 4.74 Å². The maximum atomic E-state index is 12.7. The van der Waals surface area contributed by atoms with Crippen LogP contribution in [-0.2, 0) is 19.3 Å². The van der Waals surface area contributed by atoms with Gasteiger partial charge in [0.1, 0.15) is 5.75 Å². The molecule has 0 radical (unpaired) electrons. The van der Waals surface area contributed by atoms with Crippen molar-refractivity contribution in [1.29, 1.82) is 0 Å². The molecule has 4 rings (SSSR count). The van der Waals surface area contributed by atoms with Crippen LogP contribution in [0.2, 0.25) is 0 Å². The molecule has 0 aromatic heterocycles. The molecule has 0 bridgehead atoms. The summed E-state index contributed by atoms with van der Waals surface area (Å²) in [6, 6.07) is 17.9. The highest BCUT2D eigenvalue weighted by Gasteiger charge is 2.30. The second kappa shape index (κ2) is 8.66. The normalized spacial score (nSPS) is 16.1. The van der Waals surface area contributed by atoms with Crippen LogP contribution >= 0.6 is 0 Å². The van der Waals surface area contributed by atoms with E-state index in [4.69, 9.17) is 4.74 Å². The maximum absolute atomic E-state index is 12.7. The minimum absolute atomic E-state index is 0.595. The van der Waals surface area contributed by atoms with Crippen LogP contribution in [-0.4, -0.2) is 43.1 Å². The van der Waals surface area contributed by atoms with E-state index in [0.29, 0.717) is 6.54 Å². The van der Waals surface area contributed by atoms with E-state index in [2.05, 4.69) is 28.0 Å². The SMILES string of the molecule is COc1ccc(CN2CCN(Cc3ccc(C(F)(F)F)cc3)CC2)c2ccccc12. The number of halogens is 3. The third-order valence-electron chi connectivity index (χ3n) is 5.74. The third-order valence-corrected chi connectivity index (χ3v) is 5.74. The van der Waals surface area contributed by atoms with Gasteiger partial charge in [0.05, 0.1) is 12.7 Å². The number of methoxy groups -OCH3 is 1. The van der Waals surface area contributed by atoms with Crippen molar-refractivity contribution >= 4 is 10.8 Å². The number of hydrogen-bond donors (Lipinski definition) is 0. The lowest BCUT2D eigenvalue weighted by atomic mass is 10.0.